The maximum atomic E-state index is 7.56. The van der Waals surface area contributed by atoms with Gasteiger partial charge in [0.15, 0.2) is 0 Å². The Morgan fingerprint density at radius 3 is 0.930 bits per heavy atom. The molecule has 7 heteroatoms. The van der Waals surface area contributed by atoms with Gasteiger partial charge in [-0.15, -0.1) is 0 Å². The van der Waals surface area contributed by atoms with Crippen molar-refractivity contribution in [3.8, 4) is 0 Å². The minimum Gasteiger partial charge on any atom is -0.367 e. The first-order valence-corrected chi connectivity index (χ1v) is 18.5. The van der Waals surface area contributed by atoms with E-state index in [2.05, 4.69) is 149 Å². The molecule has 3 aliphatic heterocycles. The summed E-state index contributed by atoms with van der Waals surface area (Å²) in [7, 11) is 3.35. The van der Waals surface area contributed by atoms with E-state index in [1.807, 2.05) is 0 Å². The van der Waals surface area contributed by atoms with E-state index in [0.29, 0.717) is 0 Å². The third kappa shape index (κ3) is 7.13. The first-order valence-electron chi connectivity index (χ1n) is 16.7. The third-order valence-electron chi connectivity index (χ3n) is 11.9. The van der Waals surface area contributed by atoms with Crippen LogP contribution in [-0.4, -0.2) is 96.2 Å². The largest absolute Gasteiger partial charge is 0.537 e. The molecule has 246 valence electrons. The highest BCUT2D eigenvalue weighted by Gasteiger charge is 2.57. The molecule has 0 atom stereocenters. The van der Waals surface area contributed by atoms with Crippen LogP contribution in [0.4, 0.5) is 0 Å². The first-order chi connectivity index (χ1) is 19.4. The van der Waals surface area contributed by atoms with Crippen LogP contribution in [0.15, 0.2) is 30.3 Å². The summed E-state index contributed by atoms with van der Waals surface area (Å²) in [5.41, 5.74) is -0.0101. The van der Waals surface area contributed by atoms with Gasteiger partial charge in [-0.1, -0.05) is 30.3 Å². The summed E-state index contributed by atoms with van der Waals surface area (Å²) in [5.74, 6) is 0. The molecule has 0 bridgehead atoms. The van der Waals surface area contributed by atoms with Gasteiger partial charge >= 0.3 is 8.80 Å². The predicted molar refractivity (Wildman–Crippen MR) is 182 cm³/mol. The van der Waals surface area contributed by atoms with Crippen LogP contribution in [-0.2, 0) is 13.3 Å². The number of benzene rings is 1. The molecule has 3 aliphatic rings. The molecule has 4 rings (SSSR count). The summed E-state index contributed by atoms with van der Waals surface area (Å²) in [6, 6.07) is 10.7. The number of hydrogen-bond donors (Lipinski definition) is 0. The van der Waals surface area contributed by atoms with Gasteiger partial charge in [0, 0.05) is 38.4 Å². The summed E-state index contributed by atoms with van der Waals surface area (Å²) < 4.78 is 22.7. The summed E-state index contributed by atoms with van der Waals surface area (Å²) >= 11 is 0. The van der Waals surface area contributed by atoms with Crippen molar-refractivity contribution in [2.24, 2.45) is 0 Å². The van der Waals surface area contributed by atoms with Crippen molar-refractivity contribution in [2.45, 2.75) is 173 Å². The van der Waals surface area contributed by atoms with E-state index in [1.54, 1.807) is 0 Å². The van der Waals surface area contributed by atoms with Gasteiger partial charge in [0.25, 0.3) is 0 Å². The highest BCUT2D eigenvalue weighted by atomic mass is 28.4. The quantitative estimate of drug-likeness (QED) is 0.313. The highest BCUT2D eigenvalue weighted by molar-refractivity contribution is 6.75. The molecule has 1 aromatic carbocycles. The van der Waals surface area contributed by atoms with Gasteiger partial charge in [-0.2, -0.15) is 0 Å². The minimum absolute atomic E-state index is 0.00168. The first kappa shape index (κ1) is 35.1. The van der Waals surface area contributed by atoms with Crippen molar-refractivity contribution in [3.05, 3.63) is 30.3 Å². The van der Waals surface area contributed by atoms with Gasteiger partial charge < -0.3 is 13.3 Å². The minimum atomic E-state index is -3.43. The van der Waals surface area contributed by atoms with Crippen LogP contribution in [0.1, 0.15) is 122 Å². The molecule has 3 heterocycles. The van der Waals surface area contributed by atoms with E-state index in [9.17, 15) is 0 Å². The molecule has 0 spiro atoms. The van der Waals surface area contributed by atoms with Gasteiger partial charge in [-0.3, -0.25) is 14.7 Å². The molecule has 0 aliphatic carbocycles. The molecule has 3 fully saturated rings. The normalized spacial score (nSPS) is 28.6. The highest BCUT2D eigenvalue weighted by Crippen LogP contribution is 2.44. The average molecular weight is 616 g/mol. The Labute approximate surface area is 266 Å². The smallest absolute Gasteiger partial charge is 0.367 e. The van der Waals surface area contributed by atoms with E-state index < -0.39 is 8.80 Å². The summed E-state index contributed by atoms with van der Waals surface area (Å²) in [4.78, 5) is 7.58. The maximum absolute atomic E-state index is 7.56. The SMILES string of the molecule is CN1C(C)(C)CC(O[Si](OC2CC(C)(C)N(C)C(C)(C)C2)(OC2CC(C)(C)N(C)C(C)(C)C2)c2ccccc2)CC1(C)C. The van der Waals surface area contributed by atoms with Crippen molar-refractivity contribution < 1.29 is 13.3 Å². The molecule has 0 unspecified atom stereocenters. The second-order valence-corrected chi connectivity index (χ2v) is 20.3. The van der Waals surface area contributed by atoms with Gasteiger partial charge in [-0.25, -0.2) is 0 Å². The van der Waals surface area contributed by atoms with Crippen LogP contribution in [0.2, 0.25) is 0 Å². The molecular weight excluding hydrogens is 551 g/mol. The van der Waals surface area contributed by atoms with Crippen LogP contribution in [0.5, 0.6) is 0 Å². The lowest BCUT2D eigenvalue weighted by Crippen LogP contribution is -2.69. The molecular formula is C36H65N3O3Si. The van der Waals surface area contributed by atoms with Gasteiger partial charge in [0.2, 0.25) is 0 Å². The molecule has 0 radical (unpaired) electrons. The van der Waals surface area contributed by atoms with Crippen LogP contribution >= 0.6 is 0 Å². The van der Waals surface area contributed by atoms with Crippen LogP contribution in [0.3, 0.4) is 0 Å². The molecule has 3 saturated heterocycles. The lowest BCUT2D eigenvalue weighted by molar-refractivity contribution is -0.121. The monoisotopic (exact) mass is 615 g/mol. The number of likely N-dealkylation sites (tertiary alicyclic amines) is 3. The fraction of sp³-hybridized carbons (Fsp3) is 0.833. The number of piperidine rings is 3. The van der Waals surface area contributed by atoms with Gasteiger partial charge in [-0.05, 0) is 143 Å². The van der Waals surface area contributed by atoms with Gasteiger partial charge in [0.1, 0.15) is 0 Å². The summed E-state index contributed by atoms with van der Waals surface area (Å²) in [6.45, 7) is 28.2. The van der Waals surface area contributed by atoms with Crippen molar-refractivity contribution in [1.82, 2.24) is 14.7 Å². The Kier molecular flexibility index (Phi) is 9.35. The topological polar surface area (TPSA) is 37.4 Å². The predicted octanol–water partition coefficient (Wildman–Crippen LogP) is 6.84. The Bertz CT molecular complexity index is 955. The van der Waals surface area contributed by atoms with E-state index in [1.165, 1.54) is 0 Å². The van der Waals surface area contributed by atoms with Crippen molar-refractivity contribution >= 4 is 14.0 Å². The van der Waals surface area contributed by atoms with Crippen LogP contribution in [0.25, 0.3) is 0 Å². The molecule has 1 aromatic rings. The Balaban J connectivity index is 1.81. The van der Waals surface area contributed by atoms with Crippen LogP contribution < -0.4 is 5.19 Å². The fourth-order valence-corrected chi connectivity index (χ4v) is 11.7. The third-order valence-corrected chi connectivity index (χ3v) is 14.9. The van der Waals surface area contributed by atoms with Crippen molar-refractivity contribution in [2.75, 3.05) is 21.1 Å². The second-order valence-electron chi connectivity index (χ2n) is 17.9. The summed E-state index contributed by atoms with van der Waals surface area (Å²) in [5, 5.41) is 1.09. The number of rotatable bonds is 7. The standard InChI is InChI=1S/C36H65N3O3Si/c1-31(2)21-27(22-32(3,4)37(31)13)40-43(30-19-17-16-18-20-30,41-28-23-33(5,6)38(14)34(7,8)24-28)42-29-25-35(9,10)39(15)36(11,12)26-29/h16-20,27-29H,21-26H2,1-15H3. The Morgan fingerprint density at radius 2 is 0.698 bits per heavy atom. The second kappa shape index (κ2) is 11.5. The molecule has 0 aromatic heterocycles. The van der Waals surface area contributed by atoms with Crippen LogP contribution in [0, 0.1) is 0 Å². The molecule has 6 nitrogen and oxygen atoms in total. The zero-order valence-corrected chi connectivity index (χ0v) is 31.4. The lowest BCUT2D eigenvalue weighted by Gasteiger charge is -2.57. The number of nitrogens with zero attached hydrogens (tertiary/aromatic N) is 3. The zero-order chi connectivity index (χ0) is 32.4. The molecule has 0 saturated carbocycles. The molecule has 0 amide bonds. The fourth-order valence-electron chi connectivity index (χ4n) is 8.68. The number of hydrogen-bond acceptors (Lipinski definition) is 6. The van der Waals surface area contributed by atoms with E-state index in [4.69, 9.17) is 13.3 Å². The van der Waals surface area contributed by atoms with E-state index >= 15 is 0 Å². The zero-order valence-electron chi connectivity index (χ0n) is 30.4. The maximum Gasteiger partial charge on any atom is 0.537 e. The van der Waals surface area contributed by atoms with Crippen molar-refractivity contribution in [1.29, 1.82) is 0 Å². The Hall–Kier alpha value is -0.803. The van der Waals surface area contributed by atoms with Crippen molar-refractivity contribution in [3.63, 3.8) is 0 Å². The van der Waals surface area contributed by atoms with E-state index in [0.717, 1.165) is 43.7 Å². The van der Waals surface area contributed by atoms with E-state index in [-0.39, 0.29) is 51.5 Å². The average Bonchev–Trinajstić information content (AvgIpc) is 2.83. The molecule has 43 heavy (non-hydrogen) atoms. The van der Waals surface area contributed by atoms with Gasteiger partial charge in [0.05, 0.1) is 18.3 Å². The summed E-state index contributed by atoms with van der Waals surface area (Å²) in [6.07, 6.45) is 5.75. The lowest BCUT2D eigenvalue weighted by atomic mass is 9.79. The molecule has 0 N–H and O–H groups in total. The Morgan fingerprint density at radius 1 is 0.465 bits per heavy atom.